The molecule has 0 bridgehead atoms. The predicted octanol–water partition coefficient (Wildman–Crippen LogP) is 2.21. The second kappa shape index (κ2) is 6.18. The Morgan fingerprint density at radius 3 is 2.80 bits per heavy atom. The summed E-state index contributed by atoms with van der Waals surface area (Å²) < 4.78 is 2.08. The fourth-order valence-corrected chi connectivity index (χ4v) is 2.45. The number of aryl methyl sites for hydroxylation is 1. The lowest BCUT2D eigenvalue weighted by Crippen LogP contribution is -2.23. The molecule has 1 aromatic heterocycles. The van der Waals surface area contributed by atoms with Gasteiger partial charge < -0.3 is 9.88 Å². The van der Waals surface area contributed by atoms with Crippen molar-refractivity contribution in [2.45, 2.75) is 31.6 Å². The summed E-state index contributed by atoms with van der Waals surface area (Å²) in [5, 5.41) is 4.04. The normalized spacial score (nSPS) is 15.2. The monoisotopic (exact) mass is 227 g/mol. The molecule has 4 heteroatoms. The first-order valence-corrected chi connectivity index (χ1v) is 6.50. The molecule has 1 N–H and O–H groups in total. The number of hydrogen-bond donors (Lipinski definition) is 1. The fraction of sp³-hybridized carbons (Fsp3) is 0.727. The van der Waals surface area contributed by atoms with Gasteiger partial charge in [-0.05, 0) is 13.5 Å². The molecule has 0 aliphatic carbocycles. The van der Waals surface area contributed by atoms with Crippen molar-refractivity contribution in [2.75, 3.05) is 12.8 Å². The van der Waals surface area contributed by atoms with Crippen LogP contribution in [-0.2, 0) is 7.05 Å². The molecule has 0 spiro atoms. The SMILES string of the molecule is CCC(C)SCC(NC)c1nccn1C. The van der Waals surface area contributed by atoms with Crippen LogP contribution < -0.4 is 5.32 Å². The number of aromatic nitrogens is 2. The largest absolute Gasteiger partial charge is 0.337 e. The molecule has 0 aliphatic heterocycles. The quantitative estimate of drug-likeness (QED) is 0.808. The summed E-state index contributed by atoms with van der Waals surface area (Å²) in [4.78, 5) is 4.38. The van der Waals surface area contributed by atoms with Gasteiger partial charge in [-0.1, -0.05) is 13.8 Å². The number of hydrogen-bond acceptors (Lipinski definition) is 3. The van der Waals surface area contributed by atoms with Gasteiger partial charge in [-0.2, -0.15) is 11.8 Å². The first-order chi connectivity index (χ1) is 7.19. The molecule has 0 amide bonds. The standard InChI is InChI=1S/C11H21N3S/c1-5-9(2)15-8-10(12-3)11-13-6-7-14(11)4/h6-7,9-10,12H,5,8H2,1-4H3. The van der Waals surface area contributed by atoms with Gasteiger partial charge in [-0.25, -0.2) is 4.98 Å². The number of nitrogens with zero attached hydrogens (tertiary/aromatic N) is 2. The van der Waals surface area contributed by atoms with Gasteiger partial charge in [0.05, 0.1) is 6.04 Å². The summed E-state index contributed by atoms with van der Waals surface area (Å²) in [7, 11) is 4.04. The molecule has 0 saturated heterocycles. The van der Waals surface area contributed by atoms with E-state index in [9.17, 15) is 0 Å². The Bertz CT molecular complexity index is 285. The molecule has 0 radical (unpaired) electrons. The highest BCUT2D eigenvalue weighted by Crippen LogP contribution is 2.21. The molecule has 0 fully saturated rings. The number of thioether (sulfide) groups is 1. The molecule has 3 nitrogen and oxygen atoms in total. The van der Waals surface area contributed by atoms with Gasteiger partial charge in [0.15, 0.2) is 0 Å². The van der Waals surface area contributed by atoms with E-state index >= 15 is 0 Å². The van der Waals surface area contributed by atoms with Gasteiger partial charge in [0, 0.05) is 30.4 Å². The Balaban J connectivity index is 2.53. The van der Waals surface area contributed by atoms with Crippen molar-refractivity contribution >= 4 is 11.8 Å². The van der Waals surface area contributed by atoms with Crippen LogP contribution in [0.15, 0.2) is 12.4 Å². The third-order valence-corrected chi connectivity index (χ3v) is 4.07. The van der Waals surface area contributed by atoms with Gasteiger partial charge in [0.25, 0.3) is 0 Å². The van der Waals surface area contributed by atoms with Crippen molar-refractivity contribution in [1.82, 2.24) is 14.9 Å². The van der Waals surface area contributed by atoms with Crippen LogP contribution in [0, 0.1) is 0 Å². The van der Waals surface area contributed by atoms with Crippen molar-refractivity contribution in [3.63, 3.8) is 0 Å². The highest BCUT2D eigenvalue weighted by molar-refractivity contribution is 7.99. The van der Waals surface area contributed by atoms with Crippen LogP contribution >= 0.6 is 11.8 Å². The highest BCUT2D eigenvalue weighted by atomic mass is 32.2. The van der Waals surface area contributed by atoms with E-state index in [1.807, 2.05) is 38.3 Å². The maximum atomic E-state index is 4.38. The van der Waals surface area contributed by atoms with E-state index in [4.69, 9.17) is 0 Å². The fourth-order valence-electron chi connectivity index (χ4n) is 1.38. The van der Waals surface area contributed by atoms with Crippen LogP contribution in [0.2, 0.25) is 0 Å². The van der Waals surface area contributed by atoms with E-state index in [0.717, 1.165) is 16.8 Å². The maximum absolute atomic E-state index is 4.38. The van der Waals surface area contributed by atoms with Crippen molar-refractivity contribution in [2.24, 2.45) is 7.05 Å². The number of rotatable bonds is 6. The molecule has 86 valence electrons. The van der Waals surface area contributed by atoms with E-state index in [2.05, 4.69) is 28.7 Å². The first kappa shape index (κ1) is 12.6. The van der Waals surface area contributed by atoms with E-state index in [1.54, 1.807) is 0 Å². The average Bonchev–Trinajstić information content (AvgIpc) is 2.65. The zero-order chi connectivity index (χ0) is 11.3. The Hall–Kier alpha value is -0.480. The molecule has 0 aliphatic rings. The Morgan fingerprint density at radius 2 is 2.33 bits per heavy atom. The molecule has 2 atom stereocenters. The third kappa shape index (κ3) is 3.54. The molecule has 1 aromatic rings. The summed E-state index contributed by atoms with van der Waals surface area (Å²) >= 11 is 2.00. The van der Waals surface area contributed by atoms with Crippen LogP contribution in [0.5, 0.6) is 0 Å². The van der Waals surface area contributed by atoms with Crippen molar-refractivity contribution in [1.29, 1.82) is 0 Å². The highest BCUT2D eigenvalue weighted by Gasteiger charge is 2.14. The zero-order valence-corrected chi connectivity index (χ0v) is 10.8. The lowest BCUT2D eigenvalue weighted by molar-refractivity contribution is 0.592. The maximum Gasteiger partial charge on any atom is 0.126 e. The van der Waals surface area contributed by atoms with Crippen LogP contribution in [0.3, 0.4) is 0 Å². The van der Waals surface area contributed by atoms with Crippen molar-refractivity contribution < 1.29 is 0 Å². The van der Waals surface area contributed by atoms with Crippen LogP contribution in [-0.4, -0.2) is 27.6 Å². The molecule has 2 unspecified atom stereocenters. The molecular weight excluding hydrogens is 206 g/mol. The van der Waals surface area contributed by atoms with Gasteiger partial charge in [-0.15, -0.1) is 0 Å². The molecular formula is C11H21N3S. The number of imidazole rings is 1. The van der Waals surface area contributed by atoms with E-state index in [0.29, 0.717) is 6.04 Å². The molecule has 0 aromatic carbocycles. The molecule has 1 rings (SSSR count). The predicted molar refractivity (Wildman–Crippen MR) is 67.2 cm³/mol. The smallest absolute Gasteiger partial charge is 0.126 e. The van der Waals surface area contributed by atoms with Gasteiger partial charge in [0.2, 0.25) is 0 Å². The topological polar surface area (TPSA) is 29.9 Å². The summed E-state index contributed by atoms with van der Waals surface area (Å²) in [5.41, 5.74) is 0. The van der Waals surface area contributed by atoms with E-state index in [1.165, 1.54) is 6.42 Å². The van der Waals surface area contributed by atoms with Crippen molar-refractivity contribution in [3.05, 3.63) is 18.2 Å². The van der Waals surface area contributed by atoms with Gasteiger partial charge in [-0.3, -0.25) is 0 Å². The van der Waals surface area contributed by atoms with Gasteiger partial charge in [0.1, 0.15) is 5.82 Å². The van der Waals surface area contributed by atoms with E-state index < -0.39 is 0 Å². The lowest BCUT2D eigenvalue weighted by Gasteiger charge is -2.17. The van der Waals surface area contributed by atoms with Crippen LogP contribution in [0.25, 0.3) is 0 Å². The summed E-state index contributed by atoms with van der Waals surface area (Å²) in [6, 6.07) is 0.351. The summed E-state index contributed by atoms with van der Waals surface area (Å²) in [5.74, 6) is 2.20. The van der Waals surface area contributed by atoms with Gasteiger partial charge >= 0.3 is 0 Å². The Morgan fingerprint density at radius 1 is 1.60 bits per heavy atom. The minimum atomic E-state index is 0.351. The minimum Gasteiger partial charge on any atom is -0.337 e. The lowest BCUT2D eigenvalue weighted by atomic mass is 10.3. The van der Waals surface area contributed by atoms with Crippen LogP contribution in [0.4, 0.5) is 0 Å². The molecule has 15 heavy (non-hydrogen) atoms. The summed E-state index contributed by atoms with van der Waals surface area (Å²) in [6.45, 7) is 4.50. The second-order valence-electron chi connectivity index (χ2n) is 3.79. The second-order valence-corrected chi connectivity index (χ2v) is 5.26. The average molecular weight is 227 g/mol. The van der Waals surface area contributed by atoms with Crippen LogP contribution in [0.1, 0.15) is 32.1 Å². The Kier molecular flexibility index (Phi) is 5.19. The first-order valence-electron chi connectivity index (χ1n) is 5.45. The number of nitrogens with one attached hydrogen (secondary N) is 1. The Labute approximate surface area is 96.7 Å². The third-order valence-electron chi connectivity index (χ3n) is 2.64. The minimum absolute atomic E-state index is 0.351. The summed E-state index contributed by atoms with van der Waals surface area (Å²) in [6.07, 6.45) is 5.07. The zero-order valence-electron chi connectivity index (χ0n) is 10.0. The van der Waals surface area contributed by atoms with Crippen molar-refractivity contribution in [3.8, 4) is 0 Å². The molecule has 1 heterocycles. The van der Waals surface area contributed by atoms with E-state index in [-0.39, 0.29) is 0 Å². The molecule has 0 saturated carbocycles.